The highest BCUT2D eigenvalue weighted by atomic mass is 19.3. The molecule has 2 nitrogen and oxygen atoms in total. The molecule has 0 amide bonds. The smallest absolute Gasteiger partial charge is 0.320 e. The maximum atomic E-state index is 13.3. The van der Waals surface area contributed by atoms with Crippen LogP contribution in [0.5, 0.6) is 0 Å². The monoisotopic (exact) mass is 252 g/mol. The zero-order valence-electron chi connectivity index (χ0n) is 8.11. The molecule has 17 heavy (non-hydrogen) atoms. The minimum atomic E-state index is -3.78. The van der Waals surface area contributed by atoms with Gasteiger partial charge < -0.3 is 5.11 Å². The Balaban J connectivity index is 2.70. The summed E-state index contributed by atoms with van der Waals surface area (Å²) in [6, 6.07) is 0.830. The van der Waals surface area contributed by atoms with E-state index in [9.17, 15) is 26.7 Å². The SMILES string of the molecule is O=C(O)C1(c2c(F)ccc(F)c2F)CC1(F)F. The standard InChI is InChI=1S/C10H5F5O2/c11-4-1-2-5(12)7(13)6(4)9(8(16)17)3-10(9,14)15/h1-2H,3H2,(H,16,17). The van der Waals surface area contributed by atoms with Crippen molar-refractivity contribution in [2.75, 3.05) is 0 Å². The van der Waals surface area contributed by atoms with Crippen LogP contribution in [0.4, 0.5) is 22.0 Å². The van der Waals surface area contributed by atoms with Crippen LogP contribution in [0.3, 0.4) is 0 Å². The van der Waals surface area contributed by atoms with Crippen molar-refractivity contribution in [1.82, 2.24) is 0 Å². The third-order valence-corrected chi connectivity index (χ3v) is 2.82. The number of hydrogen-bond acceptors (Lipinski definition) is 1. The van der Waals surface area contributed by atoms with E-state index in [-0.39, 0.29) is 0 Å². The summed E-state index contributed by atoms with van der Waals surface area (Å²) in [4.78, 5) is 10.8. The van der Waals surface area contributed by atoms with Crippen LogP contribution in [0.15, 0.2) is 12.1 Å². The van der Waals surface area contributed by atoms with Crippen molar-refractivity contribution >= 4 is 5.97 Å². The predicted molar refractivity (Wildman–Crippen MR) is 45.2 cm³/mol. The second-order valence-corrected chi connectivity index (χ2v) is 3.81. The van der Waals surface area contributed by atoms with Gasteiger partial charge in [-0.1, -0.05) is 0 Å². The molecule has 0 aliphatic heterocycles. The topological polar surface area (TPSA) is 37.3 Å². The highest BCUT2D eigenvalue weighted by molar-refractivity contribution is 5.88. The number of benzene rings is 1. The predicted octanol–water partition coefficient (Wildman–Crippen LogP) is 2.47. The van der Waals surface area contributed by atoms with Gasteiger partial charge in [0.1, 0.15) is 5.82 Å². The highest BCUT2D eigenvalue weighted by Gasteiger charge is 2.79. The Morgan fingerprint density at radius 1 is 1.18 bits per heavy atom. The van der Waals surface area contributed by atoms with Gasteiger partial charge in [-0.15, -0.1) is 0 Å². The molecule has 1 aliphatic rings. The number of rotatable bonds is 2. The number of alkyl halides is 2. The van der Waals surface area contributed by atoms with Crippen LogP contribution in [-0.2, 0) is 10.2 Å². The Bertz CT molecular complexity index is 514. The lowest BCUT2D eigenvalue weighted by Crippen LogP contribution is -2.30. The summed E-state index contributed by atoms with van der Waals surface area (Å²) in [5.41, 5.74) is -4.42. The minimum absolute atomic E-state index is 0.407. The van der Waals surface area contributed by atoms with Crippen LogP contribution >= 0.6 is 0 Å². The van der Waals surface area contributed by atoms with E-state index in [0.717, 1.165) is 0 Å². The molecule has 1 aromatic carbocycles. The van der Waals surface area contributed by atoms with E-state index in [2.05, 4.69) is 0 Å². The van der Waals surface area contributed by atoms with E-state index in [1.54, 1.807) is 0 Å². The second kappa shape index (κ2) is 3.18. The first-order chi connectivity index (χ1) is 7.74. The summed E-state index contributed by atoms with van der Waals surface area (Å²) in [7, 11) is 0. The maximum Gasteiger partial charge on any atom is 0.320 e. The van der Waals surface area contributed by atoms with E-state index >= 15 is 0 Å². The van der Waals surface area contributed by atoms with Gasteiger partial charge >= 0.3 is 5.97 Å². The van der Waals surface area contributed by atoms with E-state index in [1.807, 2.05) is 0 Å². The van der Waals surface area contributed by atoms with Gasteiger partial charge in [-0.3, -0.25) is 4.79 Å². The van der Waals surface area contributed by atoms with Gasteiger partial charge in [-0.2, -0.15) is 0 Å². The third-order valence-electron chi connectivity index (χ3n) is 2.82. The van der Waals surface area contributed by atoms with Crippen molar-refractivity contribution in [3.05, 3.63) is 35.1 Å². The maximum absolute atomic E-state index is 13.3. The summed E-state index contributed by atoms with van der Waals surface area (Å²) in [5.74, 6) is -10.8. The Hall–Kier alpha value is -1.66. The zero-order valence-corrected chi connectivity index (χ0v) is 8.11. The van der Waals surface area contributed by atoms with Gasteiger partial charge in [0.2, 0.25) is 0 Å². The van der Waals surface area contributed by atoms with Crippen LogP contribution in [0.25, 0.3) is 0 Å². The van der Waals surface area contributed by atoms with Crippen molar-refractivity contribution in [3.63, 3.8) is 0 Å². The van der Waals surface area contributed by atoms with Crippen molar-refractivity contribution < 1.29 is 31.9 Å². The fourth-order valence-corrected chi connectivity index (χ4v) is 1.82. The first-order valence-corrected chi connectivity index (χ1v) is 4.49. The Kier molecular flexibility index (Phi) is 2.21. The van der Waals surface area contributed by atoms with Crippen LogP contribution in [-0.4, -0.2) is 17.0 Å². The number of carboxylic acid groups (broad SMARTS) is 1. The lowest BCUT2D eigenvalue weighted by atomic mass is 9.94. The molecular formula is C10H5F5O2. The molecule has 0 spiro atoms. The molecule has 2 rings (SSSR count). The molecule has 0 aromatic heterocycles. The van der Waals surface area contributed by atoms with Crippen molar-refractivity contribution in [2.24, 2.45) is 0 Å². The Morgan fingerprint density at radius 2 is 1.65 bits per heavy atom. The highest BCUT2D eigenvalue weighted by Crippen LogP contribution is 2.62. The zero-order chi connectivity index (χ0) is 13.0. The van der Waals surface area contributed by atoms with Gasteiger partial charge in [-0.25, -0.2) is 22.0 Å². The van der Waals surface area contributed by atoms with Gasteiger partial charge in [-0.05, 0) is 12.1 Å². The molecule has 1 aliphatic carbocycles. The van der Waals surface area contributed by atoms with Crippen LogP contribution < -0.4 is 0 Å². The fraction of sp³-hybridized carbons (Fsp3) is 0.300. The van der Waals surface area contributed by atoms with E-state index < -0.39 is 46.7 Å². The number of halogens is 5. The van der Waals surface area contributed by atoms with Crippen molar-refractivity contribution in [2.45, 2.75) is 17.8 Å². The van der Waals surface area contributed by atoms with Crippen molar-refractivity contribution in [1.29, 1.82) is 0 Å². The Labute approximate surface area is 91.7 Å². The number of carbonyl (C=O) groups is 1. The molecule has 1 saturated carbocycles. The van der Waals surface area contributed by atoms with E-state index in [1.165, 1.54) is 0 Å². The summed E-state index contributed by atoms with van der Waals surface area (Å²) in [6.45, 7) is 0. The fourth-order valence-electron chi connectivity index (χ4n) is 1.82. The average molecular weight is 252 g/mol. The Morgan fingerprint density at radius 3 is 2.06 bits per heavy atom. The van der Waals surface area contributed by atoms with Crippen LogP contribution in [0.1, 0.15) is 12.0 Å². The lowest BCUT2D eigenvalue weighted by Gasteiger charge is -2.13. The molecule has 0 heterocycles. The molecule has 1 aromatic rings. The molecule has 1 fully saturated rings. The first-order valence-electron chi connectivity index (χ1n) is 4.49. The minimum Gasteiger partial charge on any atom is -0.480 e. The summed E-state index contributed by atoms with van der Waals surface area (Å²) >= 11 is 0. The van der Waals surface area contributed by atoms with Crippen LogP contribution in [0.2, 0.25) is 0 Å². The molecule has 1 N–H and O–H groups in total. The number of carboxylic acids is 1. The summed E-state index contributed by atoms with van der Waals surface area (Å²) < 4.78 is 65.5. The normalized spacial score (nSPS) is 25.7. The number of aliphatic carboxylic acids is 1. The van der Waals surface area contributed by atoms with E-state index in [0.29, 0.717) is 12.1 Å². The molecule has 1 unspecified atom stereocenters. The summed E-state index contributed by atoms with van der Waals surface area (Å²) in [5, 5.41) is 8.70. The molecule has 0 radical (unpaired) electrons. The number of hydrogen-bond donors (Lipinski definition) is 1. The van der Waals surface area contributed by atoms with Crippen molar-refractivity contribution in [3.8, 4) is 0 Å². The lowest BCUT2D eigenvalue weighted by molar-refractivity contribution is -0.143. The van der Waals surface area contributed by atoms with Gasteiger partial charge in [0.25, 0.3) is 5.92 Å². The molecule has 92 valence electrons. The molecular weight excluding hydrogens is 247 g/mol. The molecule has 7 heteroatoms. The third kappa shape index (κ3) is 1.34. The molecule has 0 saturated heterocycles. The molecule has 1 atom stereocenters. The molecule has 0 bridgehead atoms. The largest absolute Gasteiger partial charge is 0.480 e. The van der Waals surface area contributed by atoms with Gasteiger partial charge in [0.15, 0.2) is 17.0 Å². The van der Waals surface area contributed by atoms with Gasteiger partial charge in [0.05, 0.1) is 5.56 Å². The van der Waals surface area contributed by atoms with Crippen LogP contribution in [0, 0.1) is 17.5 Å². The van der Waals surface area contributed by atoms with E-state index in [4.69, 9.17) is 5.11 Å². The second-order valence-electron chi connectivity index (χ2n) is 3.81. The average Bonchev–Trinajstić information content (AvgIpc) is 2.78. The quantitative estimate of drug-likeness (QED) is 0.648. The first kappa shape index (κ1) is 11.8. The summed E-state index contributed by atoms with van der Waals surface area (Å²) in [6.07, 6.45) is -1.24. The van der Waals surface area contributed by atoms with Gasteiger partial charge in [0, 0.05) is 6.42 Å².